The summed E-state index contributed by atoms with van der Waals surface area (Å²) in [6.45, 7) is 3.97. The minimum absolute atomic E-state index is 0.0406. The van der Waals surface area contributed by atoms with Gasteiger partial charge in [-0.25, -0.2) is 4.79 Å². The maximum absolute atomic E-state index is 12.0. The number of ether oxygens (including phenoxy) is 1. The van der Waals surface area contributed by atoms with E-state index in [-0.39, 0.29) is 17.5 Å². The zero-order valence-electron chi connectivity index (χ0n) is 12.1. The predicted molar refractivity (Wildman–Crippen MR) is 83.3 cm³/mol. The lowest BCUT2D eigenvalue weighted by atomic mass is 10.2. The van der Waals surface area contributed by atoms with Gasteiger partial charge in [0.05, 0.1) is 16.8 Å². The van der Waals surface area contributed by atoms with Crippen molar-refractivity contribution in [2.24, 2.45) is 5.73 Å². The number of aromatic nitrogens is 1. The fourth-order valence-electron chi connectivity index (χ4n) is 2.50. The topological polar surface area (TPSA) is 94.6 Å². The zero-order valence-corrected chi connectivity index (χ0v) is 12.9. The fraction of sp³-hybridized carbons (Fsp3) is 0.357. The number of thiazole rings is 1. The fourth-order valence-corrected chi connectivity index (χ4v) is 3.55. The molecular weight excluding hydrogens is 306 g/mol. The minimum atomic E-state index is -0.942. The molecule has 0 saturated carbocycles. The van der Waals surface area contributed by atoms with Crippen LogP contribution in [0.3, 0.4) is 0 Å². The first-order valence-corrected chi connectivity index (χ1v) is 7.62. The van der Waals surface area contributed by atoms with Gasteiger partial charge in [-0.2, -0.15) is 0 Å². The van der Waals surface area contributed by atoms with Crippen molar-refractivity contribution in [3.05, 3.63) is 27.9 Å². The maximum Gasteiger partial charge on any atom is 0.415 e. The normalized spacial score (nSPS) is 18.2. The van der Waals surface area contributed by atoms with Crippen LogP contribution in [0.1, 0.15) is 19.9 Å². The van der Waals surface area contributed by atoms with E-state index in [2.05, 4.69) is 0 Å². The second kappa shape index (κ2) is 5.13. The number of carbonyl (C=O) groups is 2. The number of hydrogen-bond donors (Lipinski definition) is 1. The van der Waals surface area contributed by atoms with Crippen LogP contribution in [0.25, 0.3) is 10.2 Å². The van der Waals surface area contributed by atoms with Crippen molar-refractivity contribution < 1.29 is 14.3 Å². The number of anilines is 1. The average Bonchev–Trinajstić information content (AvgIpc) is 2.97. The van der Waals surface area contributed by atoms with Crippen LogP contribution in [0, 0.1) is 0 Å². The highest BCUT2D eigenvalue weighted by Crippen LogP contribution is 2.28. The van der Waals surface area contributed by atoms with Gasteiger partial charge in [-0.1, -0.05) is 11.3 Å². The van der Waals surface area contributed by atoms with Crippen LogP contribution in [-0.4, -0.2) is 29.2 Å². The summed E-state index contributed by atoms with van der Waals surface area (Å²) in [5, 5.41) is 0. The number of rotatable bonds is 3. The third-order valence-corrected chi connectivity index (χ3v) is 4.47. The number of hydrogen-bond acceptors (Lipinski definition) is 5. The van der Waals surface area contributed by atoms with Crippen molar-refractivity contribution in [3.8, 4) is 0 Å². The lowest BCUT2D eigenvalue weighted by Crippen LogP contribution is -2.32. The number of nitrogens with two attached hydrogens (primary N) is 1. The number of carbonyl (C=O) groups excluding carboxylic acids is 2. The van der Waals surface area contributed by atoms with Gasteiger partial charge < -0.3 is 10.5 Å². The Bertz CT molecular complexity index is 823. The van der Waals surface area contributed by atoms with Gasteiger partial charge in [0.1, 0.15) is 0 Å². The largest absolute Gasteiger partial charge is 0.434 e. The number of fused-ring (bicyclic) bond motifs is 1. The Morgan fingerprint density at radius 3 is 2.73 bits per heavy atom. The van der Waals surface area contributed by atoms with E-state index in [0.29, 0.717) is 5.69 Å². The summed E-state index contributed by atoms with van der Waals surface area (Å²) in [6.07, 6.45) is -1.55. The number of cyclic esters (lactones) is 1. The number of primary amides is 1. The van der Waals surface area contributed by atoms with E-state index in [1.807, 2.05) is 13.8 Å². The molecule has 8 heteroatoms. The molecule has 3 rings (SSSR count). The zero-order chi connectivity index (χ0) is 16.0. The SMILES string of the molecule is CC(C)n1c(=O)sc2cc(N3CC(C(N)=O)OC3=O)ccc21. The molecule has 1 atom stereocenters. The first-order valence-electron chi connectivity index (χ1n) is 6.81. The molecule has 1 aromatic carbocycles. The van der Waals surface area contributed by atoms with Crippen molar-refractivity contribution in [2.75, 3.05) is 11.4 Å². The molecule has 1 unspecified atom stereocenters. The molecule has 1 aliphatic rings. The van der Waals surface area contributed by atoms with E-state index in [1.54, 1.807) is 22.8 Å². The summed E-state index contributed by atoms with van der Waals surface area (Å²) in [6, 6.07) is 5.35. The van der Waals surface area contributed by atoms with Crippen molar-refractivity contribution >= 4 is 39.2 Å². The predicted octanol–water partition coefficient (Wildman–Crippen LogP) is 1.45. The van der Waals surface area contributed by atoms with Crippen LogP contribution in [0.5, 0.6) is 0 Å². The van der Waals surface area contributed by atoms with Crippen LogP contribution < -0.4 is 15.5 Å². The van der Waals surface area contributed by atoms with Gasteiger partial charge in [0.15, 0.2) is 6.10 Å². The lowest BCUT2D eigenvalue weighted by Gasteiger charge is -2.13. The van der Waals surface area contributed by atoms with Crippen molar-refractivity contribution in [2.45, 2.75) is 26.0 Å². The molecule has 2 N–H and O–H groups in total. The van der Waals surface area contributed by atoms with Gasteiger partial charge in [0.2, 0.25) is 0 Å². The number of amides is 2. The van der Waals surface area contributed by atoms with Crippen LogP contribution in [0.2, 0.25) is 0 Å². The Hall–Kier alpha value is -2.35. The second-order valence-electron chi connectivity index (χ2n) is 5.37. The first kappa shape index (κ1) is 14.6. The highest BCUT2D eigenvalue weighted by Gasteiger charge is 2.35. The van der Waals surface area contributed by atoms with Gasteiger partial charge in [0, 0.05) is 11.7 Å². The van der Waals surface area contributed by atoms with E-state index in [0.717, 1.165) is 21.6 Å². The summed E-state index contributed by atoms with van der Waals surface area (Å²) in [5.41, 5.74) is 6.57. The smallest absolute Gasteiger partial charge is 0.415 e. The van der Waals surface area contributed by atoms with Crippen LogP contribution in [-0.2, 0) is 9.53 Å². The highest BCUT2D eigenvalue weighted by atomic mass is 32.1. The standard InChI is InChI=1S/C14H15N3O4S/c1-7(2)17-9-4-3-8(5-11(9)22-14(17)20)16-6-10(12(15)18)21-13(16)19/h3-5,7,10H,6H2,1-2H3,(H2,15,18). The van der Waals surface area contributed by atoms with Crippen LogP contribution >= 0.6 is 11.3 Å². The highest BCUT2D eigenvalue weighted by molar-refractivity contribution is 7.16. The third-order valence-electron chi connectivity index (χ3n) is 3.55. The summed E-state index contributed by atoms with van der Waals surface area (Å²) in [7, 11) is 0. The van der Waals surface area contributed by atoms with Crippen LogP contribution in [0.4, 0.5) is 10.5 Å². The van der Waals surface area contributed by atoms with E-state index >= 15 is 0 Å². The molecule has 1 aliphatic heterocycles. The molecular formula is C14H15N3O4S. The molecule has 0 spiro atoms. The molecule has 7 nitrogen and oxygen atoms in total. The third kappa shape index (κ3) is 2.25. The van der Waals surface area contributed by atoms with Gasteiger partial charge in [0.25, 0.3) is 5.91 Å². The molecule has 1 fully saturated rings. The average molecular weight is 321 g/mol. The number of nitrogens with zero attached hydrogens (tertiary/aromatic N) is 2. The Morgan fingerprint density at radius 2 is 2.14 bits per heavy atom. The van der Waals surface area contributed by atoms with E-state index in [1.165, 1.54) is 4.90 Å². The monoisotopic (exact) mass is 321 g/mol. The molecule has 0 radical (unpaired) electrons. The van der Waals surface area contributed by atoms with Crippen molar-refractivity contribution in [3.63, 3.8) is 0 Å². The molecule has 0 bridgehead atoms. The van der Waals surface area contributed by atoms with Gasteiger partial charge >= 0.3 is 11.0 Å². The van der Waals surface area contributed by atoms with E-state index in [9.17, 15) is 14.4 Å². The first-order chi connectivity index (χ1) is 10.4. The van der Waals surface area contributed by atoms with Gasteiger partial charge in [-0.05, 0) is 32.0 Å². The second-order valence-corrected chi connectivity index (χ2v) is 6.36. The molecule has 2 amide bonds. The Morgan fingerprint density at radius 1 is 1.41 bits per heavy atom. The maximum atomic E-state index is 12.0. The Labute approximate surface area is 129 Å². The number of benzene rings is 1. The molecule has 1 saturated heterocycles. The van der Waals surface area contributed by atoms with Crippen LogP contribution in [0.15, 0.2) is 23.0 Å². The Balaban J connectivity index is 2.02. The molecule has 2 aromatic rings. The summed E-state index contributed by atoms with van der Waals surface area (Å²) < 4.78 is 7.41. The summed E-state index contributed by atoms with van der Waals surface area (Å²) in [5.74, 6) is -0.674. The molecule has 1 aromatic heterocycles. The lowest BCUT2D eigenvalue weighted by molar-refractivity contribution is -0.124. The molecule has 22 heavy (non-hydrogen) atoms. The Kier molecular flexibility index (Phi) is 3.40. The van der Waals surface area contributed by atoms with Crippen molar-refractivity contribution in [1.82, 2.24) is 4.57 Å². The van der Waals surface area contributed by atoms with E-state index < -0.39 is 18.1 Å². The van der Waals surface area contributed by atoms with Gasteiger partial charge in [-0.15, -0.1) is 0 Å². The van der Waals surface area contributed by atoms with E-state index in [4.69, 9.17) is 10.5 Å². The quantitative estimate of drug-likeness (QED) is 0.925. The summed E-state index contributed by atoms with van der Waals surface area (Å²) >= 11 is 1.13. The van der Waals surface area contributed by atoms with Gasteiger partial charge in [-0.3, -0.25) is 19.1 Å². The molecule has 0 aliphatic carbocycles. The molecule has 2 heterocycles. The summed E-state index contributed by atoms with van der Waals surface area (Å²) in [4.78, 5) is 36.3. The van der Waals surface area contributed by atoms with Crippen molar-refractivity contribution in [1.29, 1.82) is 0 Å². The minimum Gasteiger partial charge on any atom is -0.434 e. The molecule has 116 valence electrons.